The summed E-state index contributed by atoms with van der Waals surface area (Å²) >= 11 is 0. The summed E-state index contributed by atoms with van der Waals surface area (Å²) in [4.78, 5) is 14.7. The lowest BCUT2D eigenvalue weighted by molar-refractivity contribution is 0.0661. The van der Waals surface area contributed by atoms with E-state index in [4.69, 9.17) is 4.52 Å². The highest BCUT2D eigenvalue weighted by Crippen LogP contribution is 2.30. The van der Waals surface area contributed by atoms with E-state index in [1.165, 1.54) is 6.07 Å². The normalized spacial score (nSPS) is 21.0. The molecule has 1 atom stereocenters. The number of sulfonamides is 1. The minimum atomic E-state index is -3.74. The third kappa shape index (κ3) is 3.42. The van der Waals surface area contributed by atoms with Crippen LogP contribution in [0.3, 0.4) is 0 Å². The fourth-order valence-electron chi connectivity index (χ4n) is 3.51. The number of para-hydroxylation sites is 1. The zero-order valence-corrected chi connectivity index (χ0v) is 16.6. The van der Waals surface area contributed by atoms with E-state index in [2.05, 4.69) is 14.9 Å². The number of nitrogens with one attached hydrogen (secondary N) is 1. The molecular formula is C19H22N4O4S. The summed E-state index contributed by atoms with van der Waals surface area (Å²) in [5.74, 6) is 0.347. The Labute approximate surface area is 163 Å². The monoisotopic (exact) mass is 402 g/mol. The largest absolute Gasteiger partial charge is 0.351 e. The van der Waals surface area contributed by atoms with Crippen molar-refractivity contribution in [1.82, 2.24) is 10.1 Å². The highest BCUT2D eigenvalue weighted by molar-refractivity contribution is 7.90. The molecule has 2 aliphatic heterocycles. The van der Waals surface area contributed by atoms with Crippen molar-refractivity contribution in [2.24, 2.45) is 10.3 Å². The number of hydrogen-bond donors (Lipinski definition) is 1. The van der Waals surface area contributed by atoms with E-state index in [0.29, 0.717) is 24.6 Å². The second-order valence-corrected chi connectivity index (χ2v) is 9.01. The van der Waals surface area contributed by atoms with Gasteiger partial charge in [0.15, 0.2) is 0 Å². The number of piperidine rings is 1. The molecule has 148 valence electrons. The van der Waals surface area contributed by atoms with Gasteiger partial charge in [0.05, 0.1) is 11.4 Å². The van der Waals surface area contributed by atoms with Crippen LogP contribution in [0.25, 0.3) is 0 Å². The molecule has 1 saturated heterocycles. The van der Waals surface area contributed by atoms with Crippen molar-refractivity contribution in [1.29, 1.82) is 0 Å². The Balaban J connectivity index is 1.54. The molecule has 4 rings (SSSR count). The summed E-state index contributed by atoms with van der Waals surface area (Å²) in [6.45, 7) is 4.92. The zero-order valence-electron chi connectivity index (χ0n) is 15.8. The fourth-order valence-corrected chi connectivity index (χ4v) is 4.71. The van der Waals surface area contributed by atoms with E-state index in [-0.39, 0.29) is 28.4 Å². The van der Waals surface area contributed by atoms with Crippen molar-refractivity contribution in [2.45, 2.75) is 37.5 Å². The Hall–Kier alpha value is -2.68. The van der Waals surface area contributed by atoms with Crippen LogP contribution in [-0.4, -0.2) is 43.3 Å². The number of amidine groups is 1. The fraction of sp³-hybridized carbons (Fsp3) is 0.421. The summed E-state index contributed by atoms with van der Waals surface area (Å²) in [6.07, 6.45) is 1.50. The summed E-state index contributed by atoms with van der Waals surface area (Å²) in [6, 6.07) is 8.37. The number of aromatic nitrogens is 1. The Morgan fingerprint density at radius 3 is 2.86 bits per heavy atom. The Morgan fingerprint density at radius 2 is 2.11 bits per heavy atom. The predicted molar refractivity (Wildman–Crippen MR) is 104 cm³/mol. The number of hydrogen-bond acceptors (Lipinski definition) is 6. The van der Waals surface area contributed by atoms with Crippen LogP contribution in [0.5, 0.6) is 0 Å². The molecule has 9 heteroatoms. The molecule has 1 aromatic carbocycles. The van der Waals surface area contributed by atoms with Crippen LogP contribution >= 0.6 is 0 Å². The topological polar surface area (TPSA) is 105 Å². The van der Waals surface area contributed by atoms with Gasteiger partial charge in [-0.1, -0.05) is 31.1 Å². The third-order valence-corrected chi connectivity index (χ3v) is 6.42. The van der Waals surface area contributed by atoms with Crippen LogP contribution < -0.4 is 5.32 Å². The second kappa shape index (κ2) is 7.05. The molecule has 2 aromatic rings. The lowest BCUT2D eigenvalue weighted by Crippen LogP contribution is -2.44. The molecule has 1 amide bonds. The molecule has 0 saturated carbocycles. The highest BCUT2D eigenvalue weighted by Gasteiger charge is 2.33. The van der Waals surface area contributed by atoms with Crippen molar-refractivity contribution in [3.63, 3.8) is 0 Å². The van der Waals surface area contributed by atoms with Crippen LogP contribution in [0.2, 0.25) is 0 Å². The number of likely N-dealkylation sites (tertiary alicyclic amines) is 1. The van der Waals surface area contributed by atoms with Gasteiger partial charge in [-0.3, -0.25) is 4.79 Å². The van der Waals surface area contributed by atoms with E-state index in [0.717, 1.165) is 18.5 Å². The Bertz CT molecular complexity index is 1040. The number of carbonyl (C=O) groups is 1. The summed E-state index contributed by atoms with van der Waals surface area (Å²) < 4.78 is 34.2. The molecule has 1 fully saturated rings. The van der Waals surface area contributed by atoms with Gasteiger partial charge in [-0.25, -0.2) is 0 Å². The summed E-state index contributed by atoms with van der Waals surface area (Å²) in [7, 11) is -3.74. The maximum Gasteiger partial charge on any atom is 0.292 e. The first-order valence-electron chi connectivity index (χ1n) is 9.32. The zero-order chi connectivity index (χ0) is 19.9. The molecule has 1 N–H and O–H groups in total. The molecule has 1 aromatic heterocycles. The first-order chi connectivity index (χ1) is 13.3. The smallest absolute Gasteiger partial charge is 0.292 e. The van der Waals surface area contributed by atoms with E-state index in [1.807, 2.05) is 13.8 Å². The Morgan fingerprint density at radius 1 is 1.32 bits per heavy atom. The number of fused-ring (bicyclic) bond motifs is 1. The molecule has 8 nitrogen and oxygen atoms in total. The van der Waals surface area contributed by atoms with Gasteiger partial charge in [0.1, 0.15) is 10.7 Å². The first-order valence-corrected chi connectivity index (χ1v) is 10.8. The van der Waals surface area contributed by atoms with Crippen LogP contribution in [0.4, 0.5) is 5.69 Å². The predicted octanol–water partition coefficient (Wildman–Crippen LogP) is 2.86. The van der Waals surface area contributed by atoms with Crippen LogP contribution in [0.1, 0.15) is 48.9 Å². The van der Waals surface area contributed by atoms with E-state index < -0.39 is 10.0 Å². The van der Waals surface area contributed by atoms with Gasteiger partial charge in [-0.15, -0.1) is 4.40 Å². The van der Waals surface area contributed by atoms with Crippen molar-refractivity contribution in [3.8, 4) is 0 Å². The van der Waals surface area contributed by atoms with Crippen LogP contribution in [0.15, 0.2) is 44.1 Å². The standard InChI is InChI=1S/C19H22N4O4S/c1-12(2)15-10-16(27-21-15)19(24)23-9-5-6-13(11-23)18-20-14-7-3-4-8-17(14)28(25,26)22-18/h3-4,7-8,10,12-13H,5-6,9,11H2,1-2H3,(H,20,22)/t13-/m0/s1. The van der Waals surface area contributed by atoms with Crippen molar-refractivity contribution < 1.29 is 17.7 Å². The maximum atomic E-state index is 12.8. The molecular weight excluding hydrogens is 380 g/mol. The average molecular weight is 402 g/mol. The van der Waals surface area contributed by atoms with E-state index in [9.17, 15) is 13.2 Å². The molecule has 0 radical (unpaired) electrons. The number of nitrogens with zero attached hydrogens (tertiary/aromatic N) is 3. The van der Waals surface area contributed by atoms with Gasteiger partial charge >= 0.3 is 0 Å². The number of amides is 1. The van der Waals surface area contributed by atoms with Gasteiger partial charge in [0, 0.05) is 25.1 Å². The number of anilines is 1. The average Bonchev–Trinajstić information content (AvgIpc) is 3.17. The molecule has 2 aliphatic rings. The maximum absolute atomic E-state index is 12.8. The number of rotatable bonds is 3. The quantitative estimate of drug-likeness (QED) is 0.846. The van der Waals surface area contributed by atoms with Crippen molar-refractivity contribution >= 4 is 27.5 Å². The summed E-state index contributed by atoms with van der Waals surface area (Å²) in [5.41, 5.74) is 1.26. The van der Waals surface area contributed by atoms with Crippen molar-refractivity contribution in [2.75, 3.05) is 18.4 Å². The highest BCUT2D eigenvalue weighted by atomic mass is 32.2. The van der Waals surface area contributed by atoms with Crippen LogP contribution in [0, 0.1) is 5.92 Å². The van der Waals surface area contributed by atoms with Crippen LogP contribution in [-0.2, 0) is 10.0 Å². The minimum Gasteiger partial charge on any atom is -0.351 e. The van der Waals surface area contributed by atoms with E-state index >= 15 is 0 Å². The third-order valence-electron chi connectivity index (χ3n) is 5.07. The molecule has 28 heavy (non-hydrogen) atoms. The molecule has 0 unspecified atom stereocenters. The van der Waals surface area contributed by atoms with Crippen molar-refractivity contribution in [3.05, 3.63) is 41.8 Å². The van der Waals surface area contributed by atoms with Gasteiger partial charge in [0.25, 0.3) is 15.9 Å². The lowest BCUT2D eigenvalue weighted by atomic mass is 9.96. The molecule has 3 heterocycles. The van der Waals surface area contributed by atoms with Gasteiger partial charge < -0.3 is 14.7 Å². The molecule has 0 aliphatic carbocycles. The molecule has 0 bridgehead atoms. The second-order valence-electron chi connectivity index (χ2n) is 7.43. The first kappa shape index (κ1) is 18.7. The number of benzene rings is 1. The van der Waals surface area contributed by atoms with Gasteiger partial charge in [-0.05, 0) is 30.9 Å². The Kier molecular flexibility index (Phi) is 4.70. The SMILES string of the molecule is CC(C)c1cc(C(=O)N2CCC[C@H](C3=NS(=O)(=O)c4ccccc4N3)C2)on1. The summed E-state index contributed by atoms with van der Waals surface area (Å²) in [5, 5.41) is 7.08. The lowest BCUT2D eigenvalue weighted by Gasteiger charge is -2.34. The number of carbonyl (C=O) groups excluding carboxylic acids is 1. The molecule has 0 spiro atoms. The minimum absolute atomic E-state index is 0.172. The van der Waals surface area contributed by atoms with E-state index in [1.54, 1.807) is 29.2 Å². The van der Waals surface area contributed by atoms with Gasteiger partial charge in [0.2, 0.25) is 5.76 Å². The van der Waals surface area contributed by atoms with Gasteiger partial charge in [-0.2, -0.15) is 8.42 Å².